The smallest absolute Gasteiger partial charge is 0.0781 e. The van der Waals surface area contributed by atoms with Crippen molar-refractivity contribution >= 4 is 0 Å². The van der Waals surface area contributed by atoms with Crippen LogP contribution in [0.4, 0.5) is 0 Å². The van der Waals surface area contributed by atoms with Crippen molar-refractivity contribution in [2.45, 2.75) is 136 Å². The molecule has 0 aliphatic rings. The third-order valence-electron chi connectivity index (χ3n) is 16.4. The molecule has 0 bridgehead atoms. The number of hydrogen-bond donors (Lipinski definition) is 1. The van der Waals surface area contributed by atoms with Gasteiger partial charge in [-0.25, -0.2) is 0 Å². The van der Waals surface area contributed by atoms with Crippen LogP contribution in [0.25, 0.3) is 0 Å². The Morgan fingerprint density at radius 1 is 0.137 bits per heavy atom. The molecule has 0 aromatic heterocycles. The zero-order valence-corrected chi connectivity index (χ0v) is 73.5. The summed E-state index contributed by atoms with van der Waals surface area (Å²) in [6, 6.07) is 0. The number of unbranched alkanes of at least 4 members (excludes halogenated alkanes) is 15. The molecular formula is C84H170O33. The van der Waals surface area contributed by atoms with Crippen LogP contribution in [0.2, 0.25) is 0 Å². The molecule has 0 heterocycles. The molecule has 117 heavy (non-hydrogen) atoms. The summed E-state index contributed by atoms with van der Waals surface area (Å²) in [5.74, 6) is 0. The van der Waals surface area contributed by atoms with E-state index >= 15 is 0 Å². The second-order valence-electron chi connectivity index (χ2n) is 26.7. The molecule has 33 nitrogen and oxygen atoms in total. The maximum absolute atomic E-state index is 8.63. The predicted molar refractivity (Wildman–Crippen MR) is 442 cm³/mol. The molecule has 2 atom stereocenters. The van der Waals surface area contributed by atoms with Crippen LogP contribution in [-0.2, 0) is 152 Å². The highest BCUT2D eigenvalue weighted by Crippen LogP contribution is 2.14. The molecule has 0 aromatic rings. The van der Waals surface area contributed by atoms with Crippen molar-refractivity contribution in [2.24, 2.45) is 0 Å². The standard InChI is InChI=1S/C84H170O33/c1-4-5-6-7-8-9-10-11-12-13-14-15-16-17-18-19-21-115-81-83(2)117-82-84(3)116-80-79-114-78-77-113-76-75-112-74-73-111-72-71-110-70-69-109-68-67-108-66-65-107-64-63-106-62-61-105-60-59-104-58-57-103-56-55-102-54-53-101-52-51-100-50-49-99-48-47-98-46-45-97-44-43-96-42-41-95-40-39-94-38-37-93-36-35-92-34-33-91-32-31-90-30-29-89-28-27-88-26-25-87-24-23-86-22-20-85/h83-85H,4-82H2,1-3H3. The molecule has 0 amide bonds. The Hall–Kier alpha value is -1.32. The van der Waals surface area contributed by atoms with Crippen LogP contribution < -0.4 is 0 Å². The van der Waals surface area contributed by atoms with Gasteiger partial charge in [-0.05, 0) is 20.3 Å². The largest absolute Gasteiger partial charge is 0.394 e. The Morgan fingerprint density at radius 2 is 0.274 bits per heavy atom. The average molecular weight is 1710 g/mol. The van der Waals surface area contributed by atoms with Crippen molar-refractivity contribution in [1.29, 1.82) is 0 Å². The third-order valence-corrected chi connectivity index (χ3v) is 16.4. The van der Waals surface area contributed by atoms with E-state index in [1.807, 2.05) is 6.92 Å². The van der Waals surface area contributed by atoms with Gasteiger partial charge in [0.2, 0.25) is 0 Å². The fourth-order valence-electron chi connectivity index (χ4n) is 10.0. The highest BCUT2D eigenvalue weighted by molar-refractivity contribution is 4.55. The topological polar surface area (TPSA) is 316 Å². The van der Waals surface area contributed by atoms with Gasteiger partial charge in [-0.3, -0.25) is 0 Å². The number of hydrogen-bond acceptors (Lipinski definition) is 33. The Morgan fingerprint density at radius 3 is 0.436 bits per heavy atom. The van der Waals surface area contributed by atoms with Crippen LogP contribution in [0.1, 0.15) is 124 Å². The second-order valence-corrected chi connectivity index (χ2v) is 26.7. The van der Waals surface area contributed by atoms with Crippen LogP contribution in [0, 0.1) is 0 Å². The lowest BCUT2D eigenvalue weighted by Gasteiger charge is -2.18. The molecule has 33 heteroatoms. The highest BCUT2D eigenvalue weighted by atomic mass is 16.6. The molecule has 0 saturated heterocycles. The lowest BCUT2D eigenvalue weighted by atomic mass is 10.0. The number of ether oxygens (including phenoxy) is 32. The van der Waals surface area contributed by atoms with Gasteiger partial charge in [0.25, 0.3) is 0 Å². The number of aliphatic hydroxyl groups is 1. The maximum Gasteiger partial charge on any atom is 0.0781 e. The van der Waals surface area contributed by atoms with Crippen molar-refractivity contribution in [2.75, 3.05) is 416 Å². The van der Waals surface area contributed by atoms with Crippen LogP contribution >= 0.6 is 0 Å². The van der Waals surface area contributed by atoms with Crippen LogP contribution in [0.3, 0.4) is 0 Å². The maximum atomic E-state index is 8.63. The Bertz CT molecular complexity index is 1710. The van der Waals surface area contributed by atoms with E-state index in [1.54, 1.807) is 0 Å². The van der Waals surface area contributed by atoms with E-state index in [0.29, 0.717) is 403 Å². The Labute approximate surface area is 705 Å². The van der Waals surface area contributed by atoms with Crippen molar-refractivity contribution in [3.05, 3.63) is 0 Å². The summed E-state index contributed by atoms with van der Waals surface area (Å²) in [6.07, 6.45) is 22.0. The van der Waals surface area contributed by atoms with Gasteiger partial charge >= 0.3 is 0 Å². The molecule has 0 radical (unpaired) electrons. The van der Waals surface area contributed by atoms with E-state index in [4.69, 9.17) is 157 Å². The van der Waals surface area contributed by atoms with Gasteiger partial charge in [0.15, 0.2) is 0 Å². The number of aliphatic hydroxyl groups excluding tert-OH is 1. The van der Waals surface area contributed by atoms with E-state index < -0.39 is 0 Å². The molecule has 1 N–H and O–H groups in total. The van der Waals surface area contributed by atoms with Gasteiger partial charge in [-0.2, -0.15) is 0 Å². The first-order valence-electron chi connectivity index (χ1n) is 44.4. The summed E-state index contributed by atoms with van der Waals surface area (Å²) in [5, 5.41) is 8.63. The van der Waals surface area contributed by atoms with E-state index in [1.165, 1.54) is 96.3 Å². The third kappa shape index (κ3) is 111. The molecular weight excluding hydrogens is 1540 g/mol. The molecule has 0 rings (SSSR count). The molecule has 0 aliphatic heterocycles. The van der Waals surface area contributed by atoms with E-state index in [9.17, 15) is 0 Å². The predicted octanol–water partition coefficient (Wildman–Crippen LogP) is 7.55. The SMILES string of the molecule is CCCCCCCCCCCCCCCCCCOCC(C)OCC(C)OCCOCCOCCOCCOCCOCCOCCOCCOCCOCCOCCOCCOCCOCCOCCOCCOCCOCCOCCOCCOCCOCCOCCOCCOCCOCCOCCOCCOCCOCCO. The Kier molecular flexibility index (Phi) is 109. The molecule has 0 fully saturated rings. The summed E-state index contributed by atoms with van der Waals surface area (Å²) in [7, 11) is 0. The van der Waals surface area contributed by atoms with Gasteiger partial charge in [-0.15, -0.1) is 0 Å². The van der Waals surface area contributed by atoms with E-state index in [0.717, 1.165) is 13.0 Å². The molecule has 0 spiro atoms. The van der Waals surface area contributed by atoms with Crippen molar-refractivity contribution < 1.29 is 157 Å². The van der Waals surface area contributed by atoms with Crippen LogP contribution in [-0.4, -0.2) is 434 Å². The van der Waals surface area contributed by atoms with Crippen molar-refractivity contribution in [3.63, 3.8) is 0 Å². The molecule has 2 unspecified atom stereocenters. The molecule has 0 aromatic carbocycles. The minimum absolute atomic E-state index is 0.00863. The monoisotopic (exact) mass is 1710 g/mol. The van der Waals surface area contributed by atoms with Gasteiger partial charge in [0, 0.05) is 6.61 Å². The first-order chi connectivity index (χ1) is 58.2. The van der Waals surface area contributed by atoms with E-state index in [2.05, 4.69) is 13.8 Å². The summed E-state index contributed by atoms with van der Waals surface area (Å²) in [5.41, 5.74) is 0. The van der Waals surface area contributed by atoms with Crippen LogP contribution in [0.5, 0.6) is 0 Å². The van der Waals surface area contributed by atoms with Gasteiger partial charge in [0.05, 0.1) is 422 Å². The summed E-state index contributed by atoms with van der Waals surface area (Å²) < 4.78 is 178. The average Bonchev–Trinajstić information content (AvgIpc) is 1.02. The van der Waals surface area contributed by atoms with Gasteiger partial charge < -0.3 is 157 Å². The Balaban J connectivity index is 3.14. The van der Waals surface area contributed by atoms with Crippen molar-refractivity contribution in [1.82, 2.24) is 0 Å². The minimum Gasteiger partial charge on any atom is -0.394 e. The second kappa shape index (κ2) is 111. The minimum atomic E-state index is -0.00863. The van der Waals surface area contributed by atoms with Gasteiger partial charge in [-0.1, -0.05) is 103 Å². The molecule has 0 saturated carbocycles. The fourth-order valence-corrected chi connectivity index (χ4v) is 10.0. The lowest BCUT2D eigenvalue weighted by Crippen LogP contribution is -2.24. The fraction of sp³-hybridized carbons (Fsp3) is 1.00. The first-order valence-corrected chi connectivity index (χ1v) is 44.4. The first kappa shape index (κ1) is 116. The molecule has 0 aliphatic carbocycles. The summed E-state index contributed by atoms with van der Waals surface area (Å²) >= 11 is 0. The number of rotatable bonds is 112. The quantitative estimate of drug-likeness (QED) is 0.0574. The van der Waals surface area contributed by atoms with Crippen LogP contribution in [0.15, 0.2) is 0 Å². The normalized spacial score (nSPS) is 12.4. The van der Waals surface area contributed by atoms with E-state index in [-0.39, 0.29) is 18.8 Å². The molecule has 704 valence electrons. The highest BCUT2D eigenvalue weighted by Gasteiger charge is 2.09. The zero-order chi connectivity index (χ0) is 83.6. The van der Waals surface area contributed by atoms with Gasteiger partial charge in [0.1, 0.15) is 0 Å². The zero-order valence-electron chi connectivity index (χ0n) is 73.5. The summed E-state index contributed by atoms with van der Waals surface area (Å²) in [6.45, 7) is 36.8. The van der Waals surface area contributed by atoms with Crippen molar-refractivity contribution in [3.8, 4) is 0 Å². The lowest BCUT2D eigenvalue weighted by molar-refractivity contribution is -0.0689. The summed E-state index contributed by atoms with van der Waals surface area (Å²) in [4.78, 5) is 0.